The molecule has 0 aromatic heterocycles. The highest BCUT2D eigenvalue weighted by molar-refractivity contribution is 7.89. The summed E-state index contributed by atoms with van der Waals surface area (Å²) in [5.74, 6) is 0.0247. The van der Waals surface area contributed by atoms with Gasteiger partial charge in [-0.2, -0.15) is 17.5 Å². The predicted octanol–water partition coefficient (Wildman–Crippen LogP) is 4.31. The van der Waals surface area contributed by atoms with Gasteiger partial charge in [0.1, 0.15) is 22.5 Å². The minimum absolute atomic E-state index is 0.0903. The maximum absolute atomic E-state index is 13.3. The Bertz CT molecular complexity index is 1220. The Kier molecular flexibility index (Phi) is 8.50. The molecule has 2 atom stereocenters. The van der Waals surface area contributed by atoms with Crippen molar-refractivity contribution in [2.45, 2.75) is 37.1 Å². The summed E-state index contributed by atoms with van der Waals surface area (Å²) in [7, 11) is -2.47. The van der Waals surface area contributed by atoms with E-state index in [1.54, 1.807) is 62.2 Å². The molecule has 0 aliphatic carbocycles. The Hall–Kier alpha value is -2.86. The number of nitrogens with zero attached hydrogens (tertiary/aromatic N) is 2. The first-order valence-electron chi connectivity index (χ1n) is 11.3. The van der Waals surface area contributed by atoms with Crippen LogP contribution in [0.4, 0.5) is 13.2 Å². The lowest BCUT2D eigenvalue weighted by molar-refractivity contribution is -0.137. The Morgan fingerprint density at radius 2 is 1.75 bits per heavy atom. The summed E-state index contributed by atoms with van der Waals surface area (Å²) in [5, 5.41) is 19.3. The highest BCUT2D eigenvalue weighted by Gasteiger charge is 2.35. The van der Waals surface area contributed by atoms with Gasteiger partial charge in [-0.05, 0) is 42.0 Å². The van der Waals surface area contributed by atoms with E-state index in [4.69, 9.17) is 4.74 Å². The number of hydrogen-bond donors (Lipinski definition) is 2. The molecule has 36 heavy (non-hydrogen) atoms. The van der Waals surface area contributed by atoms with Crippen LogP contribution in [0.3, 0.4) is 0 Å². The number of halogens is 3. The van der Waals surface area contributed by atoms with Crippen LogP contribution in [0.1, 0.15) is 31.0 Å². The van der Waals surface area contributed by atoms with Crippen LogP contribution < -0.4 is 4.74 Å². The quantitative estimate of drug-likeness (QED) is 0.506. The number of aliphatic hydroxyl groups excluding tert-OH is 2. The van der Waals surface area contributed by atoms with Crippen molar-refractivity contribution in [2.75, 3.05) is 26.7 Å². The van der Waals surface area contributed by atoms with Gasteiger partial charge in [0.2, 0.25) is 10.0 Å². The second kappa shape index (κ2) is 11.0. The van der Waals surface area contributed by atoms with Crippen molar-refractivity contribution in [2.24, 2.45) is 0 Å². The van der Waals surface area contributed by atoms with E-state index < -0.39 is 39.4 Å². The number of hydrogen-bond acceptors (Lipinski definition) is 6. The third kappa shape index (κ3) is 5.75. The minimum Gasteiger partial charge on any atom is -0.456 e. The summed E-state index contributed by atoms with van der Waals surface area (Å²) < 4.78 is 73.1. The summed E-state index contributed by atoms with van der Waals surface area (Å²) in [6.45, 7) is 2.96. The Morgan fingerprint density at radius 1 is 1.11 bits per heavy atom. The molecule has 0 spiro atoms. The molecule has 0 fully saturated rings. The van der Waals surface area contributed by atoms with E-state index in [2.05, 4.69) is 0 Å². The van der Waals surface area contributed by atoms with E-state index in [0.29, 0.717) is 11.8 Å². The molecule has 7 nitrogen and oxygen atoms in total. The van der Waals surface area contributed by atoms with Gasteiger partial charge in [0.25, 0.3) is 0 Å². The number of allylic oxidation sites excluding steroid dienone is 2. The van der Waals surface area contributed by atoms with Gasteiger partial charge in [0.05, 0.1) is 18.2 Å². The van der Waals surface area contributed by atoms with E-state index in [9.17, 15) is 31.8 Å². The molecular formula is C25H29F3N2O5S. The predicted molar refractivity (Wildman–Crippen MR) is 129 cm³/mol. The van der Waals surface area contributed by atoms with Crippen molar-refractivity contribution in [3.63, 3.8) is 0 Å². The van der Waals surface area contributed by atoms with Crippen molar-refractivity contribution in [1.82, 2.24) is 9.21 Å². The number of ether oxygens (including phenoxy) is 1. The highest BCUT2D eigenvalue weighted by Crippen LogP contribution is 2.38. The van der Waals surface area contributed by atoms with Crippen molar-refractivity contribution >= 4 is 10.0 Å². The molecule has 2 aromatic carbocycles. The molecule has 2 N–H and O–H groups in total. The second-order valence-corrected chi connectivity index (χ2v) is 10.1. The molecule has 0 radical (unpaired) electrons. The zero-order chi connectivity index (χ0) is 26.7. The summed E-state index contributed by atoms with van der Waals surface area (Å²) in [6.07, 6.45) is -0.373. The lowest BCUT2D eigenvalue weighted by atomic mass is 10.0. The molecule has 0 saturated heterocycles. The third-order valence-corrected chi connectivity index (χ3v) is 8.01. The van der Waals surface area contributed by atoms with E-state index in [0.717, 1.165) is 22.0 Å². The fraction of sp³-hybridized carbons (Fsp3) is 0.360. The van der Waals surface area contributed by atoms with Crippen LogP contribution in [0.5, 0.6) is 11.5 Å². The van der Waals surface area contributed by atoms with Gasteiger partial charge < -0.3 is 19.8 Å². The first kappa shape index (κ1) is 27.7. The van der Waals surface area contributed by atoms with E-state index in [1.807, 2.05) is 6.08 Å². The van der Waals surface area contributed by atoms with Gasteiger partial charge in [-0.3, -0.25) is 0 Å². The largest absolute Gasteiger partial charge is 0.456 e. The Labute approximate surface area is 208 Å². The molecule has 1 unspecified atom stereocenters. The molecule has 2 aromatic rings. The van der Waals surface area contributed by atoms with Crippen molar-refractivity contribution in [3.8, 4) is 11.5 Å². The van der Waals surface area contributed by atoms with Crippen LogP contribution >= 0.6 is 0 Å². The van der Waals surface area contributed by atoms with Gasteiger partial charge >= 0.3 is 6.18 Å². The lowest BCUT2D eigenvalue weighted by Gasteiger charge is -2.34. The second-order valence-electron chi connectivity index (χ2n) is 8.15. The summed E-state index contributed by atoms with van der Waals surface area (Å²) >= 11 is 0. The van der Waals surface area contributed by atoms with E-state index >= 15 is 0 Å². The van der Waals surface area contributed by atoms with Gasteiger partial charge in [0, 0.05) is 25.8 Å². The van der Waals surface area contributed by atoms with E-state index in [1.165, 1.54) is 0 Å². The molecule has 3 rings (SSSR count). The molecule has 196 valence electrons. The lowest BCUT2D eigenvalue weighted by Crippen LogP contribution is -2.32. The number of likely N-dealkylation sites (N-methyl/N-ethyl adjacent to an activating group) is 1. The normalized spacial score (nSPS) is 17.3. The molecule has 0 bridgehead atoms. The van der Waals surface area contributed by atoms with Gasteiger partial charge in [-0.25, -0.2) is 8.42 Å². The molecule has 11 heteroatoms. The number of sulfonamides is 1. The fourth-order valence-electron chi connectivity index (χ4n) is 3.97. The van der Waals surface area contributed by atoms with Crippen LogP contribution in [0.25, 0.3) is 0 Å². The maximum Gasteiger partial charge on any atom is 0.416 e. The minimum atomic E-state index is -4.72. The number of benzene rings is 2. The molecule has 1 heterocycles. The zero-order valence-electron chi connectivity index (χ0n) is 20.1. The Morgan fingerprint density at radius 3 is 2.31 bits per heavy atom. The number of rotatable bonds is 9. The average molecular weight is 527 g/mol. The van der Waals surface area contributed by atoms with Gasteiger partial charge in [-0.1, -0.05) is 38.1 Å². The third-order valence-electron chi connectivity index (χ3n) is 5.94. The van der Waals surface area contributed by atoms with Crippen molar-refractivity contribution in [1.29, 1.82) is 0 Å². The zero-order valence-corrected chi connectivity index (χ0v) is 20.9. The highest BCUT2D eigenvalue weighted by atomic mass is 32.2. The summed E-state index contributed by atoms with van der Waals surface area (Å²) in [4.78, 5) is 1.24. The van der Waals surface area contributed by atoms with Crippen LogP contribution in [0.15, 0.2) is 71.3 Å². The fourth-order valence-corrected chi connectivity index (χ4v) is 5.57. The average Bonchev–Trinajstić information content (AvgIpc) is 2.84. The van der Waals surface area contributed by atoms with Crippen LogP contribution in [0, 0.1) is 0 Å². The smallest absolute Gasteiger partial charge is 0.416 e. The maximum atomic E-state index is 13.3. The Balaban J connectivity index is 1.93. The molecule has 0 saturated carbocycles. The topological polar surface area (TPSA) is 90.3 Å². The van der Waals surface area contributed by atoms with Gasteiger partial charge in [0.15, 0.2) is 0 Å². The number of alkyl halides is 3. The monoisotopic (exact) mass is 526 g/mol. The van der Waals surface area contributed by atoms with Crippen molar-refractivity contribution in [3.05, 3.63) is 77.5 Å². The number of aliphatic hydroxyl groups is 2. The van der Waals surface area contributed by atoms with Crippen molar-refractivity contribution < 1.29 is 36.5 Å². The van der Waals surface area contributed by atoms with Crippen LogP contribution in [0.2, 0.25) is 0 Å². The molecular weight excluding hydrogens is 497 g/mol. The molecule has 1 aliphatic heterocycles. The summed E-state index contributed by atoms with van der Waals surface area (Å²) in [5.41, 5.74) is 0.276. The van der Waals surface area contributed by atoms with Crippen LogP contribution in [-0.2, 0) is 16.2 Å². The standard InChI is InChI=1S/C25H29F3N2O5S/c1-4-30(5-2)36(33,34)24-15-18(25(26,27)28)11-14-23(24)35-19-12-9-17(10-13-19)20-7-6-8-21(29(20)3)22(32)16-31/h6-15,20,22,31-32H,4-5,16H2,1-3H3/t20?,22-/m1/s1. The first-order valence-corrected chi connectivity index (χ1v) is 12.8. The SMILES string of the molecule is CCN(CC)S(=O)(=O)c1cc(C(F)(F)F)ccc1Oc1ccc(C2C=CC=C([C@H](O)CO)N2C)cc1. The molecule has 0 amide bonds. The first-order chi connectivity index (χ1) is 16.9. The van der Waals surface area contributed by atoms with Crippen LogP contribution in [-0.4, -0.2) is 60.7 Å². The summed E-state index contributed by atoms with van der Waals surface area (Å²) in [6, 6.07) is 8.79. The van der Waals surface area contributed by atoms with E-state index in [-0.39, 0.29) is 30.6 Å². The van der Waals surface area contributed by atoms with Gasteiger partial charge in [-0.15, -0.1) is 0 Å². The molecule has 1 aliphatic rings.